The van der Waals surface area contributed by atoms with Crippen molar-refractivity contribution in [1.29, 1.82) is 0 Å². The summed E-state index contributed by atoms with van der Waals surface area (Å²) in [5, 5.41) is 2.14. The lowest BCUT2D eigenvalue weighted by Gasteiger charge is -2.24. The summed E-state index contributed by atoms with van der Waals surface area (Å²) in [6.07, 6.45) is 1.11. The molecule has 0 amide bonds. The highest BCUT2D eigenvalue weighted by Crippen LogP contribution is 2.14. The van der Waals surface area contributed by atoms with Crippen molar-refractivity contribution in [1.82, 2.24) is 4.90 Å². The van der Waals surface area contributed by atoms with Gasteiger partial charge in [0, 0.05) is 17.5 Å². The second-order valence-electron chi connectivity index (χ2n) is 4.53. The monoisotopic (exact) mass is 245 g/mol. The molecule has 0 N–H and O–H groups in total. The van der Waals surface area contributed by atoms with Crippen molar-refractivity contribution in [3.05, 3.63) is 58.3 Å². The molecule has 0 saturated carbocycles. The van der Waals surface area contributed by atoms with Crippen LogP contribution in [0.25, 0.3) is 0 Å². The highest BCUT2D eigenvalue weighted by atomic mass is 32.1. The van der Waals surface area contributed by atoms with E-state index in [4.69, 9.17) is 0 Å². The quantitative estimate of drug-likeness (QED) is 0.774. The third-order valence-corrected chi connectivity index (χ3v) is 3.97. The van der Waals surface area contributed by atoms with Crippen LogP contribution in [0.15, 0.2) is 47.8 Å². The zero-order valence-corrected chi connectivity index (χ0v) is 11.3. The Morgan fingerprint density at radius 2 is 1.88 bits per heavy atom. The third kappa shape index (κ3) is 3.69. The van der Waals surface area contributed by atoms with Gasteiger partial charge in [-0.3, -0.25) is 4.90 Å². The Morgan fingerprint density at radius 3 is 2.53 bits per heavy atom. The lowest BCUT2D eigenvalue weighted by atomic mass is 10.1. The van der Waals surface area contributed by atoms with Crippen molar-refractivity contribution in [2.75, 3.05) is 7.05 Å². The smallest absolute Gasteiger partial charge is 0.0327 e. The molecule has 2 heteroatoms. The molecule has 0 bridgehead atoms. The normalized spacial score (nSPS) is 12.9. The first kappa shape index (κ1) is 12.3. The van der Waals surface area contributed by atoms with E-state index in [1.165, 1.54) is 10.4 Å². The van der Waals surface area contributed by atoms with Crippen LogP contribution in [-0.2, 0) is 13.0 Å². The maximum absolute atomic E-state index is 2.42. The molecule has 0 aliphatic heterocycles. The molecule has 1 aromatic heterocycles. The van der Waals surface area contributed by atoms with E-state index in [1.807, 2.05) is 11.3 Å². The second kappa shape index (κ2) is 5.99. The molecule has 2 aromatic rings. The first-order valence-electron chi connectivity index (χ1n) is 6.02. The lowest BCUT2D eigenvalue weighted by molar-refractivity contribution is 0.250. The number of benzene rings is 1. The minimum atomic E-state index is 0.569. The standard InChI is InChI=1S/C15H19NS/c1-13(11-14-7-4-3-5-8-14)16(2)12-15-9-6-10-17-15/h3-10,13H,11-12H2,1-2H3. The topological polar surface area (TPSA) is 3.24 Å². The predicted octanol–water partition coefficient (Wildman–Crippen LogP) is 3.81. The number of likely N-dealkylation sites (N-methyl/N-ethyl adjacent to an activating group) is 1. The van der Waals surface area contributed by atoms with Crippen molar-refractivity contribution in [2.45, 2.75) is 25.9 Å². The van der Waals surface area contributed by atoms with Gasteiger partial charge in [0.1, 0.15) is 0 Å². The van der Waals surface area contributed by atoms with Crippen LogP contribution >= 0.6 is 11.3 Å². The number of hydrogen-bond acceptors (Lipinski definition) is 2. The van der Waals surface area contributed by atoms with Crippen LogP contribution in [0.3, 0.4) is 0 Å². The Hall–Kier alpha value is -1.12. The number of thiophene rings is 1. The van der Waals surface area contributed by atoms with E-state index in [0.717, 1.165) is 13.0 Å². The van der Waals surface area contributed by atoms with Crippen molar-refractivity contribution in [3.8, 4) is 0 Å². The molecular formula is C15H19NS. The van der Waals surface area contributed by atoms with E-state index in [-0.39, 0.29) is 0 Å². The van der Waals surface area contributed by atoms with Gasteiger partial charge in [0.15, 0.2) is 0 Å². The minimum Gasteiger partial charge on any atom is -0.298 e. The maximum atomic E-state index is 2.42. The molecule has 1 atom stereocenters. The molecule has 0 fully saturated rings. The molecule has 17 heavy (non-hydrogen) atoms. The third-order valence-electron chi connectivity index (χ3n) is 3.11. The zero-order valence-electron chi connectivity index (χ0n) is 10.5. The summed E-state index contributed by atoms with van der Waals surface area (Å²) in [4.78, 5) is 3.85. The molecule has 0 radical (unpaired) electrons. The molecule has 1 nitrogen and oxygen atoms in total. The molecule has 0 aliphatic carbocycles. The Bertz CT molecular complexity index is 421. The highest BCUT2D eigenvalue weighted by Gasteiger charge is 2.10. The second-order valence-corrected chi connectivity index (χ2v) is 5.57. The van der Waals surface area contributed by atoms with E-state index in [9.17, 15) is 0 Å². The van der Waals surface area contributed by atoms with Crippen LogP contribution in [0.1, 0.15) is 17.4 Å². The van der Waals surface area contributed by atoms with E-state index in [0.29, 0.717) is 6.04 Å². The highest BCUT2D eigenvalue weighted by molar-refractivity contribution is 7.09. The van der Waals surface area contributed by atoms with Gasteiger partial charge in [-0.05, 0) is 37.4 Å². The van der Waals surface area contributed by atoms with Gasteiger partial charge in [-0.2, -0.15) is 0 Å². The van der Waals surface area contributed by atoms with E-state index < -0.39 is 0 Å². The minimum absolute atomic E-state index is 0.569. The number of rotatable bonds is 5. The fraction of sp³-hybridized carbons (Fsp3) is 0.333. The van der Waals surface area contributed by atoms with Crippen LogP contribution < -0.4 is 0 Å². The first-order chi connectivity index (χ1) is 8.25. The Morgan fingerprint density at radius 1 is 1.12 bits per heavy atom. The summed E-state index contributed by atoms with van der Waals surface area (Å²) in [5.74, 6) is 0. The van der Waals surface area contributed by atoms with Gasteiger partial charge >= 0.3 is 0 Å². The molecule has 1 unspecified atom stereocenters. The fourth-order valence-corrected chi connectivity index (χ4v) is 2.68. The van der Waals surface area contributed by atoms with Crippen molar-refractivity contribution < 1.29 is 0 Å². The van der Waals surface area contributed by atoms with E-state index in [2.05, 4.69) is 66.7 Å². The van der Waals surface area contributed by atoms with Gasteiger partial charge in [0.2, 0.25) is 0 Å². The maximum Gasteiger partial charge on any atom is 0.0327 e. The van der Waals surface area contributed by atoms with E-state index >= 15 is 0 Å². The summed E-state index contributed by atoms with van der Waals surface area (Å²) in [5.41, 5.74) is 1.41. The first-order valence-corrected chi connectivity index (χ1v) is 6.90. The molecule has 0 saturated heterocycles. The summed E-state index contributed by atoms with van der Waals surface area (Å²) in [6.45, 7) is 3.34. The van der Waals surface area contributed by atoms with Crippen LogP contribution in [0.4, 0.5) is 0 Å². The molecule has 2 rings (SSSR count). The van der Waals surface area contributed by atoms with Gasteiger partial charge < -0.3 is 0 Å². The predicted molar refractivity (Wildman–Crippen MR) is 75.4 cm³/mol. The molecule has 0 spiro atoms. The van der Waals surface area contributed by atoms with Crippen LogP contribution in [-0.4, -0.2) is 18.0 Å². The number of nitrogens with zero attached hydrogens (tertiary/aromatic N) is 1. The lowest BCUT2D eigenvalue weighted by Crippen LogP contribution is -2.30. The van der Waals surface area contributed by atoms with Crippen molar-refractivity contribution >= 4 is 11.3 Å². The molecule has 1 heterocycles. The average Bonchev–Trinajstić information content (AvgIpc) is 2.83. The Balaban J connectivity index is 1.89. The summed E-state index contributed by atoms with van der Waals surface area (Å²) in [6, 6.07) is 15.6. The Labute approximate surface area is 108 Å². The van der Waals surface area contributed by atoms with Crippen LogP contribution in [0, 0.1) is 0 Å². The molecule has 90 valence electrons. The molecule has 0 aliphatic rings. The van der Waals surface area contributed by atoms with Crippen LogP contribution in [0.2, 0.25) is 0 Å². The molecule has 1 aromatic carbocycles. The van der Waals surface area contributed by atoms with Crippen molar-refractivity contribution in [3.63, 3.8) is 0 Å². The van der Waals surface area contributed by atoms with Crippen molar-refractivity contribution in [2.24, 2.45) is 0 Å². The Kier molecular flexibility index (Phi) is 4.35. The zero-order chi connectivity index (χ0) is 12.1. The molecular weight excluding hydrogens is 226 g/mol. The van der Waals surface area contributed by atoms with E-state index in [1.54, 1.807) is 0 Å². The average molecular weight is 245 g/mol. The van der Waals surface area contributed by atoms with Gasteiger partial charge in [-0.25, -0.2) is 0 Å². The SMILES string of the molecule is CC(Cc1ccccc1)N(C)Cc1cccs1. The summed E-state index contributed by atoms with van der Waals surface area (Å²) < 4.78 is 0. The number of hydrogen-bond donors (Lipinski definition) is 0. The van der Waals surface area contributed by atoms with Gasteiger partial charge in [0.25, 0.3) is 0 Å². The summed E-state index contributed by atoms with van der Waals surface area (Å²) in [7, 11) is 2.20. The van der Waals surface area contributed by atoms with Gasteiger partial charge in [0.05, 0.1) is 0 Å². The fourth-order valence-electron chi connectivity index (χ4n) is 1.92. The van der Waals surface area contributed by atoms with Gasteiger partial charge in [-0.1, -0.05) is 36.4 Å². The largest absolute Gasteiger partial charge is 0.298 e. The summed E-state index contributed by atoms with van der Waals surface area (Å²) >= 11 is 1.83. The van der Waals surface area contributed by atoms with Gasteiger partial charge in [-0.15, -0.1) is 11.3 Å². The van der Waals surface area contributed by atoms with Crippen LogP contribution in [0.5, 0.6) is 0 Å².